The Morgan fingerprint density at radius 2 is 1.85 bits per heavy atom. The molecule has 0 radical (unpaired) electrons. The zero-order chi connectivity index (χ0) is 33.8. The standard InChI is InChI=1S/C37H48ClN7O3/c1-37(2,3)48-36(46)45-22-21-44(24-28(45)16-18-39)34-29-17-20-43(32-15-8-11-26-10-7-14-30(38)33(26)32)25-31(29)40-35(41-34)47-23-9-19-42(4)27-12-5-6-13-27/h7-8,10-11,14-15,27-28H,5-6,9,12-13,16-17,19-25H2,1-4H3/t28-/m1/s1. The third kappa shape index (κ3) is 7.74. The van der Waals surface area contributed by atoms with Crippen molar-refractivity contribution >= 4 is 40.0 Å². The Labute approximate surface area is 289 Å². The number of ether oxygens (including phenoxy) is 2. The van der Waals surface area contributed by atoms with E-state index in [1.165, 1.54) is 25.7 Å². The first-order valence-electron chi connectivity index (χ1n) is 17.4. The molecule has 6 rings (SSSR count). The van der Waals surface area contributed by atoms with E-state index in [-0.39, 0.29) is 18.6 Å². The van der Waals surface area contributed by atoms with E-state index in [0.717, 1.165) is 64.5 Å². The van der Waals surface area contributed by atoms with Crippen molar-refractivity contribution in [3.05, 3.63) is 52.7 Å². The number of anilines is 2. The van der Waals surface area contributed by atoms with Crippen LogP contribution in [0, 0.1) is 11.3 Å². The summed E-state index contributed by atoms with van der Waals surface area (Å²) >= 11 is 6.73. The van der Waals surface area contributed by atoms with Gasteiger partial charge in [0.05, 0.1) is 42.4 Å². The van der Waals surface area contributed by atoms with Gasteiger partial charge in [0.2, 0.25) is 0 Å². The van der Waals surface area contributed by atoms with Gasteiger partial charge >= 0.3 is 12.1 Å². The van der Waals surface area contributed by atoms with Crippen LogP contribution in [0.15, 0.2) is 36.4 Å². The quantitative estimate of drug-likeness (QED) is 0.226. The van der Waals surface area contributed by atoms with Gasteiger partial charge in [-0.1, -0.05) is 48.7 Å². The lowest BCUT2D eigenvalue weighted by Crippen LogP contribution is -2.56. The Bertz CT molecular complexity index is 1640. The van der Waals surface area contributed by atoms with Gasteiger partial charge in [-0.25, -0.2) is 4.79 Å². The molecule has 3 heterocycles. The van der Waals surface area contributed by atoms with E-state index in [1.54, 1.807) is 4.90 Å². The maximum absolute atomic E-state index is 13.1. The second-order valence-corrected chi connectivity index (χ2v) is 14.7. The van der Waals surface area contributed by atoms with Crippen molar-refractivity contribution in [2.45, 2.75) is 89.9 Å². The van der Waals surface area contributed by atoms with Gasteiger partial charge in [0.15, 0.2) is 0 Å². The summed E-state index contributed by atoms with van der Waals surface area (Å²) in [5.41, 5.74) is 2.49. The third-order valence-electron chi connectivity index (χ3n) is 9.77. The fourth-order valence-electron chi connectivity index (χ4n) is 7.35. The number of carbonyl (C=O) groups excluding carboxylic acids is 1. The summed E-state index contributed by atoms with van der Waals surface area (Å²) < 4.78 is 12.0. The number of fused-ring (bicyclic) bond motifs is 2. The number of halogens is 1. The zero-order valence-corrected chi connectivity index (χ0v) is 29.5. The highest BCUT2D eigenvalue weighted by molar-refractivity contribution is 6.36. The number of benzene rings is 2. The van der Waals surface area contributed by atoms with E-state index in [1.807, 2.05) is 32.9 Å². The number of amides is 1. The number of aromatic nitrogens is 2. The number of carbonyl (C=O) groups is 1. The number of nitrogens with zero attached hydrogens (tertiary/aromatic N) is 7. The van der Waals surface area contributed by atoms with Crippen LogP contribution in [-0.4, -0.2) is 89.9 Å². The van der Waals surface area contributed by atoms with Gasteiger partial charge in [-0.05, 0) is 71.0 Å². The van der Waals surface area contributed by atoms with Crippen LogP contribution in [0.1, 0.15) is 70.6 Å². The number of piperazine rings is 1. The average molecular weight is 674 g/mol. The summed E-state index contributed by atoms with van der Waals surface area (Å²) in [6, 6.07) is 15.3. The summed E-state index contributed by atoms with van der Waals surface area (Å²) in [4.78, 5) is 31.8. The molecule has 1 saturated carbocycles. The molecule has 256 valence electrons. The highest BCUT2D eigenvalue weighted by Crippen LogP contribution is 2.37. The molecule has 0 spiro atoms. The van der Waals surface area contributed by atoms with Gasteiger partial charge in [-0.15, -0.1) is 0 Å². The maximum atomic E-state index is 13.1. The molecule has 0 bridgehead atoms. The van der Waals surface area contributed by atoms with Gasteiger partial charge < -0.3 is 29.1 Å². The Kier molecular flexibility index (Phi) is 10.5. The molecule has 10 nitrogen and oxygen atoms in total. The molecule has 11 heteroatoms. The molecule has 0 N–H and O–H groups in total. The van der Waals surface area contributed by atoms with Crippen molar-refractivity contribution in [1.82, 2.24) is 19.8 Å². The Balaban J connectivity index is 1.26. The van der Waals surface area contributed by atoms with E-state index in [2.05, 4.69) is 52.1 Å². The Hall–Kier alpha value is -3.81. The monoisotopic (exact) mass is 673 g/mol. The second kappa shape index (κ2) is 14.8. The van der Waals surface area contributed by atoms with E-state index in [4.69, 9.17) is 31.0 Å². The van der Waals surface area contributed by atoms with Crippen LogP contribution in [-0.2, 0) is 17.7 Å². The van der Waals surface area contributed by atoms with Crippen LogP contribution >= 0.6 is 11.6 Å². The molecule has 1 aliphatic carbocycles. The summed E-state index contributed by atoms with van der Waals surface area (Å²) in [6.45, 7) is 9.93. The summed E-state index contributed by atoms with van der Waals surface area (Å²) in [6.07, 6.45) is 6.65. The van der Waals surface area contributed by atoms with Crippen molar-refractivity contribution < 1.29 is 14.3 Å². The lowest BCUT2D eigenvalue weighted by atomic mass is 10.0. The minimum absolute atomic E-state index is 0.205. The fraction of sp³-hybridized carbons (Fsp3) is 0.568. The summed E-state index contributed by atoms with van der Waals surface area (Å²) in [5.74, 6) is 0.834. The van der Waals surface area contributed by atoms with Crippen molar-refractivity contribution in [2.75, 3.05) is 56.2 Å². The minimum Gasteiger partial charge on any atom is -0.463 e. The van der Waals surface area contributed by atoms with Crippen molar-refractivity contribution in [3.63, 3.8) is 0 Å². The van der Waals surface area contributed by atoms with Crippen LogP contribution in [0.25, 0.3) is 10.8 Å². The molecule has 2 fully saturated rings. The van der Waals surface area contributed by atoms with Gasteiger partial charge in [-0.3, -0.25) is 0 Å². The number of rotatable bonds is 9. The average Bonchev–Trinajstić information content (AvgIpc) is 3.61. The first-order chi connectivity index (χ1) is 23.1. The molecule has 1 atom stereocenters. The van der Waals surface area contributed by atoms with Gasteiger partial charge in [-0.2, -0.15) is 15.2 Å². The first-order valence-corrected chi connectivity index (χ1v) is 17.8. The molecule has 2 aromatic carbocycles. The molecular weight excluding hydrogens is 626 g/mol. The van der Waals surface area contributed by atoms with E-state index in [9.17, 15) is 10.1 Å². The molecule has 1 aromatic heterocycles. The lowest BCUT2D eigenvalue weighted by molar-refractivity contribution is 0.0144. The van der Waals surface area contributed by atoms with Crippen molar-refractivity contribution in [3.8, 4) is 12.1 Å². The van der Waals surface area contributed by atoms with E-state index in [0.29, 0.717) is 44.8 Å². The molecular formula is C37H48ClN7O3. The van der Waals surface area contributed by atoms with Crippen LogP contribution < -0.4 is 14.5 Å². The lowest BCUT2D eigenvalue weighted by Gasteiger charge is -2.42. The molecule has 3 aliphatic rings. The predicted octanol–water partition coefficient (Wildman–Crippen LogP) is 6.83. The van der Waals surface area contributed by atoms with Gasteiger partial charge in [0, 0.05) is 55.4 Å². The highest BCUT2D eigenvalue weighted by atomic mass is 35.5. The van der Waals surface area contributed by atoms with Crippen LogP contribution in [0.4, 0.5) is 16.3 Å². The zero-order valence-electron chi connectivity index (χ0n) is 28.8. The first kappa shape index (κ1) is 34.1. The topological polar surface area (TPSA) is 98.1 Å². The number of hydrogen-bond acceptors (Lipinski definition) is 9. The molecule has 48 heavy (non-hydrogen) atoms. The maximum Gasteiger partial charge on any atom is 0.410 e. The molecule has 3 aromatic rings. The van der Waals surface area contributed by atoms with Crippen molar-refractivity contribution in [2.24, 2.45) is 0 Å². The van der Waals surface area contributed by atoms with Crippen LogP contribution in [0.5, 0.6) is 6.01 Å². The summed E-state index contributed by atoms with van der Waals surface area (Å²) in [5, 5.41) is 12.6. The number of nitriles is 1. The predicted molar refractivity (Wildman–Crippen MR) is 190 cm³/mol. The largest absolute Gasteiger partial charge is 0.463 e. The normalized spacial score (nSPS) is 18.7. The Morgan fingerprint density at radius 1 is 1.08 bits per heavy atom. The van der Waals surface area contributed by atoms with E-state index < -0.39 is 5.60 Å². The molecule has 1 amide bonds. The van der Waals surface area contributed by atoms with Crippen LogP contribution in [0.3, 0.4) is 0 Å². The van der Waals surface area contributed by atoms with Crippen molar-refractivity contribution in [1.29, 1.82) is 5.26 Å². The number of hydrogen-bond donors (Lipinski definition) is 0. The molecule has 0 unspecified atom stereocenters. The highest BCUT2D eigenvalue weighted by Gasteiger charge is 2.36. The second-order valence-electron chi connectivity index (χ2n) is 14.3. The molecule has 2 aliphatic heterocycles. The van der Waals surface area contributed by atoms with Gasteiger partial charge in [0.1, 0.15) is 11.4 Å². The van der Waals surface area contributed by atoms with Crippen LogP contribution in [0.2, 0.25) is 5.02 Å². The Morgan fingerprint density at radius 3 is 2.60 bits per heavy atom. The van der Waals surface area contributed by atoms with E-state index >= 15 is 0 Å². The van der Waals surface area contributed by atoms with Gasteiger partial charge in [0.25, 0.3) is 0 Å². The smallest absolute Gasteiger partial charge is 0.410 e. The fourth-order valence-corrected chi connectivity index (χ4v) is 7.63. The minimum atomic E-state index is -0.616. The molecule has 1 saturated heterocycles. The third-order valence-corrected chi connectivity index (χ3v) is 10.1. The summed E-state index contributed by atoms with van der Waals surface area (Å²) in [7, 11) is 2.21. The SMILES string of the molecule is CN(CCCOc1nc2c(c(N3CCN(C(=O)OC(C)(C)C)[C@H](CC#N)C3)n1)CCN(c1cccc3cccc(Cl)c13)C2)C1CCCC1.